The first kappa shape index (κ1) is 21.6. The SMILES string of the molecule is O=[N+]([O-])c1ccc(C=C2CCC(C=Nc3ccc(Cl)c(Cl)c3)=C2N2CCOCC2)cc1. The van der Waals surface area contributed by atoms with Crippen molar-refractivity contribution in [3.63, 3.8) is 0 Å². The van der Waals surface area contributed by atoms with Crippen LogP contribution in [-0.4, -0.2) is 42.3 Å². The summed E-state index contributed by atoms with van der Waals surface area (Å²) in [6.45, 7) is 3.01. The lowest BCUT2D eigenvalue weighted by Crippen LogP contribution is -2.36. The zero-order chi connectivity index (χ0) is 21.8. The number of benzene rings is 2. The first-order valence-corrected chi connectivity index (χ1v) is 10.8. The van der Waals surface area contributed by atoms with Crippen LogP contribution in [0, 0.1) is 10.1 Å². The van der Waals surface area contributed by atoms with E-state index in [1.807, 2.05) is 12.3 Å². The van der Waals surface area contributed by atoms with Crippen molar-refractivity contribution >= 4 is 46.9 Å². The summed E-state index contributed by atoms with van der Waals surface area (Å²) in [7, 11) is 0. The molecular weight excluding hydrogens is 437 g/mol. The van der Waals surface area contributed by atoms with E-state index in [9.17, 15) is 10.1 Å². The summed E-state index contributed by atoms with van der Waals surface area (Å²) >= 11 is 12.1. The van der Waals surface area contributed by atoms with Gasteiger partial charge in [-0.15, -0.1) is 0 Å². The van der Waals surface area contributed by atoms with Gasteiger partial charge in [-0.3, -0.25) is 15.1 Å². The summed E-state index contributed by atoms with van der Waals surface area (Å²) in [6.07, 6.45) is 5.76. The monoisotopic (exact) mass is 457 g/mol. The Balaban J connectivity index is 1.66. The summed E-state index contributed by atoms with van der Waals surface area (Å²) in [5, 5.41) is 11.9. The van der Waals surface area contributed by atoms with E-state index in [0.29, 0.717) is 23.3 Å². The molecule has 0 N–H and O–H groups in total. The van der Waals surface area contributed by atoms with Gasteiger partial charge in [0.05, 0.1) is 33.9 Å². The molecule has 0 bridgehead atoms. The molecule has 31 heavy (non-hydrogen) atoms. The van der Waals surface area contributed by atoms with E-state index in [-0.39, 0.29) is 10.6 Å². The molecule has 0 unspecified atom stereocenters. The van der Waals surface area contributed by atoms with E-state index in [1.54, 1.807) is 24.3 Å². The minimum Gasteiger partial charge on any atom is -0.378 e. The van der Waals surface area contributed by atoms with Crippen molar-refractivity contribution in [1.82, 2.24) is 4.90 Å². The molecule has 8 heteroatoms. The first-order chi connectivity index (χ1) is 15.0. The van der Waals surface area contributed by atoms with E-state index in [1.165, 1.54) is 23.4 Å². The lowest BCUT2D eigenvalue weighted by Gasteiger charge is -2.31. The minimum absolute atomic E-state index is 0.0898. The van der Waals surface area contributed by atoms with Crippen LogP contribution in [0.25, 0.3) is 6.08 Å². The largest absolute Gasteiger partial charge is 0.378 e. The Morgan fingerprint density at radius 1 is 1.03 bits per heavy atom. The highest BCUT2D eigenvalue weighted by Gasteiger charge is 2.25. The summed E-state index contributed by atoms with van der Waals surface area (Å²) in [6, 6.07) is 12.0. The topological polar surface area (TPSA) is 68.0 Å². The number of halogens is 2. The summed E-state index contributed by atoms with van der Waals surface area (Å²) < 4.78 is 5.53. The molecule has 0 radical (unpaired) electrons. The van der Waals surface area contributed by atoms with Gasteiger partial charge in [-0.05, 0) is 66.0 Å². The lowest BCUT2D eigenvalue weighted by molar-refractivity contribution is -0.384. The van der Waals surface area contributed by atoms with Gasteiger partial charge in [-0.25, -0.2) is 0 Å². The van der Waals surface area contributed by atoms with Crippen LogP contribution < -0.4 is 0 Å². The molecule has 1 saturated heterocycles. The highest BCUT2D eigenvalue weighted by molar-refractivity contribution is 6.42. The quantitative estimate of drug-likeness (QED) is 0.310. The standard InChI is InChI=1S/C23H21Cl2N3O3/c24-21-8-5-19(14-22(21)25)26-15-18-4-3-17(23(18)27-9-11-31-12-10-27)13-16-1-6-20(7-2-16)28(29)30/h1-2,5-8,13-15H,3-4,9-12H2. The number of hydrogen-bond donors (Lipinski definition) is 0. The van der Waals surface area contributed by atoms with Gasteiger partial charge in [0.2, 0.25) is 0 Å². The zero-order valence-electron chi connectivity index (χ0n) is 16.8. The summed E-state index contributed by atoms with van der Waals surface area (Å²) in [5.41, 5.74) is 5.30. The Morgan fingerprint density at radius 3 is 2.45 bits per heavy atom. The molecule has 160 valence electrons. The Labute approximate surface area is 190 Å². The molecule has 0 spiro atoms. The van der Waals surface area contributed by atoms with E-state index in [0.717, 1.165) is 42.8 Å². The molecule has 4 rings (SSSR count). The molecule has 0 amide bonds. The molecule has 0 aromatic heterocycles. The number of hydrogen-bond acceptors (Lipinski definition) is 5. The Kier molecular flexibility index (Phi) is 6.70. The fraction of sp³-hybridized carbons (Fsp3) is 0.261. The number of nitrogens with zero attached hydrogens (tertiary/aromatic N) is 3. The number of allylic oxidation sites excluding steroid dienone is 2. The maximum Gasteiger partial charge on any atom is 0.269 e. The van der Waals surface area contributed by atoms with Crippen molar-refractivity contribution in [2.45, 2.75) is 12.8 Å². The minimum atomic E-state index is -0.386. The summed E-state index contributed by atoms with van der Waals surface area (Å²) in [5.74, 6) is 0. The van der Waals surface area contributed by atoms with Crippen LogP contribution in [0.4, 0.5) is 11.4 Å². The third kappa shape index (κ3) is 5.15. The third-order valence-electron chi connectivity index (χ3n) is 5.32. The Morgan fingerprint density at radius 2 is 1.77 bits per heavy atom. The van der Waals surface area contributed by atoms with Crippen LogP contribution >= 0.6 is 23.2 Å². The van der Waals surface area contributed by atoms with Crippen LogP contribution in [0.15, 0.2) is 64.3 Å². The number of morpholine rings is 1. The van der Waals surface area contributed by atoms with Crippen molar-refractivity contribution in [1.29, 1.82) is 0 Å². The lowest BCUT2D eigenvalue weighted by atomic mass is 10.1. The predicted octanol–water partition coefficient (Wildman–Crippen LogP) is 6.07. The molecule has 1 aliphatic heterocycles. The van der Waals surface area contributed by atoms with Crippen molar-refractivity contribution in [2.75, 3.05) is 26.3 Å². The molecule has 6 nitrogen and oxygen atoms in total. The van der Waals surface area contributed by atoms with E-state index < -0.39 is 0 Å². The highest BCUT2D eigenvalue weighted by atomic mass is 35.5. The fourth-order valence-electron chi connectivity index (χ4n) is 3.78. The van der Waals surface area contributed by atoms with Crippen molar-refractivity contribution in [3.8, 4) is 0 Å². The molecule has 1 fully saturated rings. The highest BCUT2D eigenvalue weighted by Crippen LogP contribution is 2.36. The van der Waals surface area contributed by atoms with Gasteiger partial charge in [0, 0.05) is 37.1 Å². The predicted molar refractivity (Wildman–Crippen MR) is 124 cm³/mol. The van der Waals surface area contributed by atoms with Crippen LogP contribution in [0.1, 0.15) is 18.4 Å². The molecule has 2 aromatic carbocycles. The van der Waals surface area contributed by atoms with E-state index >= 15 is 0 Å². The molecule has 2 aromatic rings. The van der Waals surface area contributed by atoms with Gasteiger partial charge in [0.15, 0.2) is 0 Å². The smallest absolute Gasteiger partial charge is 0.269 e. The van der Waals surface area contributed by atoms with Gasteiger partial charge in [0.1, 0.15) is 0 Å². The Hall–Kier alpha value is -2.67. The van der Waals surface area contributed by atoms with Crippen LogP contribution in [0.2, 0.25) is 10.0 Å². The van der Waals surface area contributed by atoms with Gasteiger partial charge < -0.3 is 9.64 Å². The molecule has 1 aliphatic carbocycles. The second-order valence-corrected chi connectivity index (χ2v) is 8.16. The second-order valence-electron chi connectivity index (χ2n) is 7.35. The van der Waals surface area contributed by atoms with Gasteiger partial charge >= 0.3 is 0 Å². The maximum absolute atomic E-state index is 10.9. The van der Waals surface area contributed by atoms with Gasteiger partial charge in [0.25, 0.3) is 5.69 Å². The van der Waals surface area contributed by atoms with E-state index in [4.69, 9.17) is 27.9 Å². The maximum atomic E-state index is 10.9. The summed E-state index contributed by atoms with van der Waals surface area (Å²) in [4.78, 5) is 17.5. The third-order valence-corrected chi connectivity index (χ3v) is 6.06. The first-order valence-electron chi connectivity index (χ1n) is 10.0. The average molecular weight is 458 g/mol. The molecule has 0 atom stereocenters. The van der Waals surface area contributed by atoms with Crippen LogP contribution in [-0.2, 0) is 4.74 Å². The molecular formula is C23H21Cl2N3O3. The molecule has 1 heterocycles. The zero-order valence-corrected chi connectivity index (χ0v) is 18.3. The fourth-order valence-corrected chi connectivity index (χ4v) is 4.08. The molecule has 2 aliphatic rings. The van der Waals surface area contributed by atoms with Gasteiger partial charge in [-0.1, -0.05) is 23.2 Å². The Bertz CT molecular complexity index is 1070. The number of ether oxygens (including phenoxy) is 1. The number of nitro groups is 1. The molecule has 0 saturated carbocycles. The van der Waals surface area contributed by atoms with E-state index in [2.05, 4.69) is 16.0 Å². The average Bonchev–Trinajstić information content (AvgIpc) is 3.18. The second kappa shape index (κ2) is 9.64. The van der Waals surface area contributed by atoms with Crippen molar-refractivity contribution in [2.24, 2.45) is 4.99 Å². The number of non-ortho nitro benzene ring substituents is 1. The number of rotatable bonds is 5. The van der Waals surface area contributed by atoms with Crippen LogP contribution in [0.5, 0.6) is 0 Å². The van der Waals surface area contributed by atoms with Gasteiger partial charge in [-0.2, -0.15) is 0 Å². The van der Waals surface area contributed by atoms with Crippen molar-refractivity contribution in [3.05, 3.63) is 85.0 Å². The van der Waals surface area contributed by atoms with Crippen molar-refractivity contribution < 1.29 is 9.66 Å². The number of aliphatic imine (C=N–C) groups is 1. The van der Waals surface area contributed by atoms with Crippen LogP contribution in [0.3, 0.4) is 0 Å². The normalized spacial score (nSPS) is 18.4. The number of nitro benzene ring substituents is 1.